The summed E-state index contributed by atoms with van der Waals surface area (Å²) in [5.41, 5.74) is 6.43. The van der Waals surface area contributed by atoms with Crippen LogP contribution in [-0.2, 0) is 0 Å². The van der Waals surface area contributed by atoms with E-state index in [1.165, 1.54) is 0 Å². The molecule has 0 unspecified atom stereocenters. The van der Waals surface area contributed by atoms with Gasteiger partial charge in [-0.2, -0.15) is 0 Å². The first kappa shape index (κ1) is 8.66. The summed E-state index contributed by atoms with van der Waals surface area (Å²) in [5, 5.41) is 3.48. The van der Waals surface area contributed by atoms with Crippen LogP contribution in [0.5, 0.6) is 5.75 Å². The number of nitrogen functional groups attached to an aromatic ring is 1. The molecule has 0 saturated carbocycles. The third kappa shape index (κ3) is 1.24. The first-order valence-electron chi connectivity index (χ1n) is 3.73. The van der Waals surface area contributed by atoms with E-state index in [0.717, 1.165) is 15.8 Å². The van der Waals surface area contributed by atoms with Crippen LogP contribution in [0.3, 0.4) is 0 Å². The van der Waals surface area contributed by atoms with Crippen LogP contribution in [0, 0.1) is 0 Å². The fraction of sp³-hybridized carbons (Fsp3) is 0.111. The van der Waals surface area contributed by atoms with Gasteiger partial charge in [-0.25, -0.2) is 0 Å². The van der Waals surface area contributed by atoms with E-state index >= 15 is 0 Å². The van der Waals surface area contributed by atoms with E-state index in [-0.39, 0.29) is 0 Å². The molecule has 0 fully saturated rings. The van der Waals surface area contributed by atoms with Crippen LogP contribution >= 0.6 is 22.9 Å². The Morgan fingerprint density at radius 1 is 1.54 bits per heavy atom. The average molecular weight is 214 g/mol. The molecule has 13 heavy (non-hydrogen) atoms. The molecule has 0 atom stereocenters. The zero-order valence-electron chi connectivity index (χ0n) is 7.00. The van der Waals surface area contributed by atoms with Gasteiger partial charge in [0, 0.05) is 11.5 Å². The van der Waals surface area contributed by atoms with Crippen LogP contribution in [0.15, 0.2) is 17.5 Å². The lowest BCUT2D eigenvalue weighted by molar-refractivity contribution is 0.420. The van der Waals surface area contributed by atoms with Gasteiger partial charge in [-0.05, 0) is 11.4 Å². The van der Waals surface area contributed by atoms with Crippen molar-refractivity contribution < 1.29 is 4.74 Å². The highest BCUT2D eigenvalue weighted by Gasteiger charge is 2.09. The molecule has 4 heteroatoms. The fourth-order valence-electron chi connectivity index (χ4n) is 1.25. The second-order valence-corrected chi connectivity index (χ2v) is 3.96. The number of nitrogens with two attached hydrogens (primary N) is 1. The van der Waals surface area contributed by atoms with Crippen molar-refractivity contribution in [1.82, 2.24) is 0 Å². The number of ether oxygens (including phenoxy) is 1. The summed E-state index contributed by atoms with van der Waals surface area (Å²) in [5.74, 6) is 0.782. The van der Waals surface area contributed by atoms with E-state index in [4.69, 9.17) is 22.1 Å². The highest BCUT2D eigenvalue weighted by atomic mass is 35.5. The fourth-order valence-corrected chi connectivity index (χ4v) is 2.36. The number of hydrogen-bond donors (Lipinski definition) is 1. The largest absolute Gasteiger partial charge is 0.495 e. The second kappa shape index (κ2) is 3.09. The summed E-state index contributed by atoms with van der Waals surface area (Å²) in [6.07, 6.45) is 0. The highest BCUT2D eigenvalue weighted by molar-refractivity contribution is 7.17. The van der Waals surface area contributed by atoms with Crippen LogP contribution in [0.4, 0.5) is 5.69 Å². The SMILES string of the molecule is COc1cc(Cl)c(N)c2ccsc12. The van der Waals surface area contributed by atoms with Crippen molar-refractivity contribution in [2.75, 3.05) is 12.8 Å². The number of halogens is 1. The summed E-state index contributed by atoms with van der Waals surface area (Å²) in [4.78, 5) is 0. The minimum atomic E-state index is 0.544. The molecule has 2 N–H and O–H groups in total. The Balaban J connectivity index is 2.87. The third-order valence-electron chi connectivity index (χ3n) is 1.91. The Morgan fingerprint density at radius 2 is 2.31 bits per heavy atom. The average Bonchev–Trinajstić information content (AvgIpc) is 2.60. The predicted molar refractivity (Wildman–Crippen MR) is 57.8 cm³/mol. The van der Waals surface area contributed by atoms with Gasteiger partial charge in [-0.1, -0.05) is 11.6 Å². The molecule has 1 aromatic carbocycles. The second-order valence-electron chi connectivity index (χ2n) is 2.64. The maximum atomic E-state index is 5.93. The maximum absolute atomic E-state index is 5.93. The van der Waals surface area contributed by atoms with Crippen molar-refractivity contribution in [1.29, 1.82) is 0 Å². The first-order valence-corrected chi connectivity index (χ1v) is 4.99. The lowest BCUT2D eigenvalue weighted by atomic mass is 10.2. The minimum Gasteiger partial charge on any atom is -0.495 e. The summed E-state index contributed by atoms with van der Waals surface area (Å²) < 4.78 is 6.24. The van der Waals surface area contributed by atoms with Crippen LogP contribution in [0.25, 0.3) is 10.1 Å². The van der Waals surface area contributed by atoms with E-state index in [1.807, 2.05) is 11.4 Å². The van der Waals surface area contributed by atoms with Crippen LogP contribution in [0.1, 0.15) is 0 Å². The highest BCUT2D eigenvalue weighted by Crippen LogP contribution is 2.38. The lowest BCUT2D eigenvalue weighted by Gasteiger charge is -2.05. The maximum Gasteiger partial charge on any atom is 0.138 e. The van der Waals surface area contributed by atoms with Gasteiger partial charge in [-0.3, -0.25) is 0 Å². The molecule has 0 radical (unpaired) electrons. The van der Waals surface area contributed by atoms with E-state index in [9.17, 15) is 0 Å². The van der Waals surface area contributed by atoms with E-state index in [1.54, 1.807) is 24.5 Å². The number of methoxy groups -OCH3 is 1. The van der Waals surface area contributed by atoms with Gasteiger partial charge in [0.15, 0.2) is 0 Å². The summed E-state index contributed by atoms with van der Waals surface area (Å²) in [6, 6.07) is 3.69. The van der Waals surface area contributed by atoms with Gasteiger partial charge in [0.1, 0.15) is 5.75 Å². The predicted octanol–water partition coefficient (Wildman–Crippen LogP) is 3.15. The Labute approximate surface area is 84.9 Å². The summed E-state index contributed by atoms with van der Waals surface area (Å²) in [6.45, 7) is 0. The van der Waals surface area contributed by atoms with Crippen molar-refractivity contribution in [2.45, 2.75) is 0 Å². The van der Waals surface area contributed by atoms with E-state index < -0.39 is 0 Å². The Morgan fingerprint density at radius 3 is 3.00 bits per heavy atom. The van der Waals surface area contributed by atoms with Crippen LogP contribution in [0.2, 0.25) is 5.02 Å². The van der Waals surface area contributed by atoms with Crippen molar-refractivity contribution in [3.05, 3.63) is 22.5 Å². The number of benzene rings is 1. The number of thiophene rings is 1. The van der Waals surface area contributed by atoms with Crippen molar-refractivity contribution >= 4 is 38.7 Å². The first-order chi connectivity index (χ1) is 6.24. The molecule has 0 amide bonds. The quantitative estimate of drug-likeness (QED) is 0.739. The van der Waals surface area contributed by atoms with Crippen molar-refractivity contribution in [3.63, 3.8) is 0 Å². The van der Waals surface area contributed by atoms with Crippen LogP contribution in [-0.4, -0.2) is 7.11 Å². The van der Waals surface area contributed by atoms with Gasteiger partial charge < -0.3 is 10.5 Å². The lowest BCUT2D eigenvalue weighted by Crippen LogP contribution is -1.89. The molecule has 0 aliphatic rings. The number of rotatable bonds is 1. The molecule has 1 aromatic heterocycles. The summed E-state index contributed by atoms with van der Waals surface area (Å²) in [7, 11) is 1.63. The molecular weight excluding hydrogens is 206 g/mol. The standard InChI is InChI=1S/C9H8ClNOS/c1-12-7-4-6(10)8(11)5-2-3-13-9(5)7/h2-4H,11H2,1H3. The number of anilines is 1. The van der Waals surface area contributed by atoms with E-state index in [0.29, 0.717) is 10.7 Å². The molecule has 0 bridgehead atoms. The smallest absolute Gasteiger partial charge is 0.138 e. The monoisotopic (exact) mass is 213 g/mol. The van der Waals surface area contributed by atoms with E-state index in [2.05, 4.69) is 0 Å². The molecule has 1 heterocycles. The Bertz CT molecular complexity index is 452. The third-order valence-corrected chi connectivity index (χ3v) is 3.16. The molecular formula is C9H8ClNOS. The topological polar surface area (TPSA) is 35.2 Å². The van der Waals surface area contributed by atoms with Gasteiger partial charge >= 0.3 is 0 Å². The summed E-state index contributed by atoms with van der Waals surface area (Å²) >= 11 is 7.53. The van der Waals surface area contributed by atoms with Gasteiger partial charge in [0.05, 0.1) is 22.5 Å². The molecule has 0 aliphatic heterocycles. The molecule has 0 saturated heterocycles. The number of hydrogen-bond acceptors (Lipinski definition) is 3. The molecule has 2 rings (SSSR count). The molecule has 2 nitrogen and oxygen atoms in total. The Kier molecular flexibility index (Phi) is 2.06. The molecule has 0 aliphatic carbocycles. The van der Waals surface area contributed by atoms with Gasteiger partial charge in [0.2, 0.25) is 0 Å². The van der Waals surface area contributed by atoms with Crippen molar-refractivity contribution in [3.8, 4) is 5.75 Å². The van der Waals surface area contributed by atoms with Gasteiger partial charge in [-0.15, -0.1) is 11.3 Å². The Hall–Kier alpha value is -0.930. The number of fused-ring (bicyclic) bond motifs is 1. The molecule has 0 spiro atoms. The van der Waals surface area contributed by atoms with Gasteiger partial charge in [0.25, 0.3) is 0 Å². The minimum absolute atomic E-state index is 0.544. The van der Waals surface area contributed by atoms with Crippen LogP contribution < -0.4 is 10.5 Å². The van der Waals surface area contributed by atoms with Crippen molar-refractivity contribution in [2.24, 2.45) is 0 Å². The normalized spacial score (nSPS) is 10.6. The molecule has 68 valence electrons. The zero-order valence-corrected chi connectivity index (χ0v) is 8.58. The molecule has 2 aromatic rings. The zero-order chi connectivity index (χ0) is 9.42.